The van der Waals surface area contributed by atoms with Crippen molar-refractivity contribution in [1.29, 1.82) is 5.41 Å². The van der Waals surface area contributed by atoms with Crippen molar-refractivity contribution in [1.82, 2.24) is 9.80 Å². The maximum atomic E-state index is 15.1. The predicted octanol–water partition coefficient (Wildman–Crippen LogP) is 3.72. The molecule has 1 fully saturated rings. The summed E-state index contributed by atoms with van der Waals surface area (Å²) in [5.41, 5.74) is 5.36. The number of hydrogen-bond donors (Lipinski definition) is 3. The molecule has 0 spiro atoms. The number of carbonyl (C=O) groups is 1. The first-order valence-corrected chi connectivity index (χ1v) is 9.58. The molecule has 1 aromatic carbocycles. The Morgan fingerprint density at radius 3 is 2.48 bits per heavy atom. The molecule has 1 aliphatic carbocycles. The molecule has 0 bridgehead atoms. The molecule has 0 atom stereocenters. The third-order valence-corrected chi connectivity index (χ3v) is 5.61. The number of piperazine rings is 1. The zero-order valence-corrected chi connectivity index (χ0v) is 17.0. The Balaban J connectivity index is 1.92. The standard InChI is InChI=1S/C20H19ClF2N4OS/c1-2-16(28)26-5-7-27(8-6-26)20(29)13-10-14(21)17(18(23)19(13)25)12-9-11(24)3-4-15(12)22/h2-4,9-10,25,29H,1,5-8,24H2/b20-13-,25-19?. The Bertz CT molecular complexity index is 994. The molecule has 9 heteroatoms. The number of anilines is 1. The van der Waals surface area contributed by atoms with Crippen LogP contribution in [0.1, 0.15) is 5.56 Å². The Morgan fingerprint density at radius 2 is 1.86 bits per heavy atom. The number of hydrogen-bond acceptors (Lipinski definition) is 5. The molecule has 1 aliphatic heterocycles. The number of nitrogens with zero attached hydrogens (tertiary/aromatic N) is 2. The average Bonchev–Trinajstić information content (AvgIpc) is 2.72. The van der Waals surface area contributed by atoms with Crippen LogP contribution in [0.15, 0.2) is 58.4 Å². The minimum absolute atomic E-state index is 0.0509. The molecule has 3 N–H and O–H groups in total. The molecule has 152 valence electrons. The third kappa shape index (κ3) is 4.09. The van der Waals surface area contributed by atoms with Gasteiger partial charge in [-0.05, 0) is 30.4 Å². The summed E-state index contributed by atoms with van der Waals surface area (Å²) in [5.74, 6) is -1.80. The molecule has 0 unspecified atom stereocenters. The average molecular weight is 437 g/mol. The molecule has 1 heterocycles. The molecule has 0 saturated carbocycles. The Hall–Kier alpha value is -2.58. The summed E-state index contributed by atoms with van der Waals surface area (Å²) in [5, 5.41) is 8.54. The molecule has 0 aromatic heterocycles. The fourth-order valence-corrected chi connectivity index (χ4v) is 3.89. The summed E-state index contributed by atoms with van der Waals surface area (Å²) in [7, 11) is 0. The highest BCUT2D eigenvalue weighted by Gasteiger charge is 2.29. The van der Waals surface area contributed by atoms with E-state index in [9.17, 15) is 9.18 Å². The van der Waals surface area contributed by atoms with Gasteiger partial charge >= 0.3 is 0 Å². The second-order valence-electron chi connectivity index (χ2n) is 6.55. The minimum atomic E-state index is -0.955. The molecule has 5 nitrogen and oxygen atoms in total. The number of rotatable bonds is 3. The summed E-state index contributed by atoms with van der Waals surface area (Å²) in [4.78, 5) is 15.2. The molecule has 3 rings (SSSR count). The van der Waals surface area contributed by atoms with Crippen LogP contribution in [0.5, 0.6) is 0 Å². The Kier molecular flexibility index (Phi) is 6.14. The topological polar surface area (TPSA) is 73.4 Å². The van der Waals surface area contributed by atoms with Crippen molar-refractivity contribution in [2.24, 2.45) is 0 Å². The molecular formula is C20H19ClF2N4OS. The predicted molar refractivity (Wildman–Crippen MR) is 115 cm³/mol. The van der Waals surface area contributed by atoms with E-state index in [1.807, 2.05) is 4.90 Å². The molecule has 2 aliphatic rings. The fourth-order valence-electron chi connectivity index (χ4n) is 3.21. The van der Waals surface area contributed by atoms with E-state index >= 15 is 4.39 Å². The Morgan fingerprint density at radius 1 is 1.24 bits per heavy atom. The van der Waals surface area contributed by atoms with Gasteiger partial charge in [0.15, 0.2) is 5.83 Å². The van der Waals surface area contributed by atoms with Gasteiger partial charge in [-0.15, -0.1) is 12.6 Å². The number of amides is 1. The summed E-state index contributed by atoms with van der Waals surface area (Å²) in [6.45, 7) is 5.29. The van der Waals surface area contributed by atoms with E-state index in [0.29, 0.717) is 31.2 Å². The Labute approximate surface area is 177 Å². The van der Waals surface area contributed by atoms with Gasteiger partial charge in [-0.2, -0.15) is 0 Å². The molecular weight excluding hydrogens is 418 g/mol. The number of carbonyl (C=O) groups excluding carboxylic acids is 1. The first-order chi connectivity index (χ1) is 13.7. The highest BCUT2D eigenvalue weighted by atomic mass is 35.5. The lowest BCUT2D eigenvalue weighted by Crippen LogP contribution is -2.47. The van der Waals surface area contributed by atoms with Crippen molar-refractivity contribution in [2.75, 3.05) is 31.9 Å². The van der Waals surface area contributed by atoms with Crippen molar-refractivity contribution < 1.29 is 13.6 Å². The number of nitrogens with two attached hydrogens (primary N) is 1. The number of thiol groups is 1. The summed E-state index contributed by atoms with van der Waals surface area (Å²) in [6, 6.07) is 3.76. The zero-order chi connectivity index (χ0) is 21.3. The van der Waals surface area contributed by atoms with Gasteiger partial charge in [0.2, 0.25) is 5.91 Å². The highest BCUT2D eigenvalue weighted by molar-refractivity contribution is 7.84. The van der Waals surface area contributed by atoms with E-state index in [0.717, 1.165) is 6.07 Å². The van der Waals surface area contributed by atoms with Crippen LogP contribution in [0.3, 0.4) is 0 Å². The first kappa shape index (κ1) is 21.1. The van der Waals surface area contributed by atoms with E-state index in [1.165, 1.54) is 24.3 Å². The number of halogens is 3. The van der Waals surface area contributed by atoms with Gasteiger partial charge in [-0.1, -0.05) is 18.2 Å². The van der Waals surface area contributed by atoms with E-state index in [2.05, 4.69) is 19.2 Å². The third-order valence-electron chi connectivity index (χ3n) is 4.78. The van der Waals surface area contributed by atoms with Crippen LogP contribution in [-0.2, 0) is 4.79 Å². The number of nitrogen functional groups attached to an aromatic ring is 1. The van der Waals surface area contributed by atoms with Gasteiger partial charge in [0.05, 0.1) is 10.1 Å². The van der Waals surface area contributed by atoms with Crippen molar-refractivity contribution in [2.45, 2.75) is 0 Å². The van der Waals surface area contributed by atoms with Crippen LogP contribution in [0.25, 0.3) is 5.57 Å². The smallest absolute Gasteiger partial charge is 0.246 e. The molecule has 0 radical (unpaired) electrons. The van der Waals surface area contributed by atoms with Crippen molar-refractivity contribution in [3.63, 3.8) is 0 Å². The monoisotopic (exact) mass is 436 g/mol. The largest absolute Gasteiger partial charge is 0.399 e. The maximum absolute atomic E-state index is 15.1. The number of nitrogens with one attached hydrogen (secondary N) is 1. The van der Waals surface area contributed by atoms with Crippen LogP contribution in [0, 0.1) is 11.2 Å². The van der Waals surface area contributed by atoms with Crippen LogP contribution < -0.4 is 5.73 Å². The second-order valence-corrected chi connectivity index (χ2v) is 7.38. The van der Waals surface area contributed by atoms with Crippen molar-refractivity contribution >= 4 is 47.1 Å². The molecule has 29 heavy (non-hydrogen) atoms. The molecule has 1 aromatic rings. The van der Waals surface area contributed by atoms with Crippen LogP contribution in [0.4, 0.5) is 14.5 Å². The normalized spacial score (nSPS) is 19.3. The summed E-state index contributed by atoms with van der Waals surface area (Å²) < 4.78 is 29.3. The summed E-state index contributed by atoms with van der Waals surface area (Å²) >= 11 is 10.7. The van der Waals surface area contributed by atoms with Crippen LogP contribution >= 0.6 is 24.2 Å². The summed E-state index contributed by atoms with van der Waals surface area (Å²) in [6.07, 6.45) is 2.65. The lowest BCUT2D eigenvalue weighted by molar-refractivity contribution is -0.127. The SMILES string of the molecule is C=CC(=O)N1CCN(/C(S)=C2\C=C(Cl)C(c3cc(N)ccc3F)=C(F)C2=N)CC1. The molecule has 1 amide bonds. The highest BCUT2D eigenvalue weighted by Crippen LogP contribution is 2.39. The van der Waals surface area contributed by atoms with Crippen LogP contribution in [-0.4, -0.2) is 47.6 Å². The van der Waals surface area contributed by atoms with Gasteiger partial charge < -0.3 is 15.5 Å². The number of allylic oxidation sites excluding steroid dienone is 5. The van der Waals surface area contributed by atoms with E-state index in [-0.39, 0.29) is 33.3 Å². The lowest BCUT2D eigenvalue weighted by atomic mass is 9.93. The van der Waals surface area contributed by atoms with Gasteiger partial charge in [-0.25, -0.2) is 8.78 Å². The molecule has 1 saturated heterocycles. The zero-order valence-electron chi connectivity index (χ0n) is 15.4. The van der Waals surface area contributed by atoms with E-state index in [4.69, 9.17) is 22.7 Å². The minimum Gasteiger partial charge on any atom is -0.399 e. The van der Waals surface area contributed by atoms with Crippen LogP contribution in [0.2, 0.25) is 0 Å². The number of benzene rings is 1. The lowest BCUT2D eigenvalue weighted by Gasteiger charge is -2.36. The van der Waals surface area contributed by atoms with Gasteiger partial charge in [0.1, 0.15) is 11.5 Å². The van der Waals surface area contributed by atoms with Gasteiger partial charge in [0.25, 0.3) is 0 Å². The quantitative estimate of drug-likeness (QED) is 0.384. The fraction of sp³-hybridized carbons (Fsp3) is 0.200. The van der Waals surface area contributed by atoms with Gasteiger partial charge in [0, 0.05) is 48.6 Å². The van der Waals surface area contributed by atoms with Crippen molar-refractivity contribution in [3.05, 3.63) is 69.8 Å². The van der Waals surface area contributed by atoms with Gasteiger partial charge in [-0.3, -0.25) is 10.2 Å². The first-order valence-electron chi connectivity index (χ1n) is 8.76. The van der Waals surface area contributed by atoms with E-state index in [1.54, 1.807) is 4.90 Å². The maximum Gasteiger partial charge on any atom is 0.246 e. The van der Waals surface area contributed by atoms with E-state index < -0.39 is 17.4 Å². The second kappa shape index (κ2) is 8.42. The van der Waals surface area contributed by atoms with Crippen molar-refractivity contribution in [3.8, 4) is 0 Å².